The lowest BCUT2D eigenvalue weighted by Crippen LogP contribution is -2.51. The third-order valence-electron chi connectivity index (χ3n) is 5.92. The van der Waals surface area contributed by atoms with E-state index < -0.39 is 28.5 Å². The standard InChI is InChI=1S/C28H33N3O5S/c1-5-29-28(33)22(3)30(19-23-13-11-12-21(2)18-23)27(32)20-31(25-16-9-10-17-26(25)36-4)37(34,35)24-14-7-6-8-15-24/h6-18,22H,5,19-20H2,1-4H3,(H,29,33)/t22-/m1/s1. The summed E-state index contributed by atoms with van der Waals surface area (Å²) < 4.78 is 34.0. The van der Waals surface area contributed by atoms with Gasteiger partial charge >= 0.3 is 0 Å². The van der Waals surface area contributed by atoms with E-state index in [1.807, 2.05) is 31.2 Å². The predicted molar refractivity (Wildman–Crippen MR) is 144 cm³/mol. The SMILES string of the molecule is CCNC(=O)[C@@H](C)N(Cc1cccc(C)c1)C(=O)CN(c1ccccc1OC)S(=O)(=O)c1ccccc1. The predicted octanol–water partition coefficient (Wildman–Crippen LogP) is 3.75. The molecule has 0 fully saturated rings. The quantitative estimate of drug-likeness (QED) is 0.413. The molecule has 0 radical (unpaired) electrons. The Morgan fingerprint density at radius 3 is 2.30 bits per heavy atom. The minimum absolute atomic E-state index is 0.0377. The van der Waals surface area contributed by atoms with Gasteiger partial charge in [0.25, 0.3) is 10.0 Å². The number of anilines is 1. The number of nitrogens with zero attached hydrogens (tertiary/aromatic N) is 2. The molecule has 0 aliphatic heterocycles. The maximum absolute atomic E-state index is 13.8. The molecule has 0 saturated heterocycles. The molecule has 3 aromatic rings. The lowest BCUT2D eigenvalue weighted by atomic mass is 10.1. The van der Waals surface area contributed by atoms with E-state index in [2.05, 4.69) is 5.32 Å². The van der Waals surface area contributed by atoms with Gasteiger partial charge in [0.05, 0.1) is 17.7 Å². The largest absolute Gasteiger partial charge is 0.495 e. The summed E-state index contributed by atoms with van der Waals surface area (Å²) in [6.45, 7) is 5.41. The van der Waals surface area contributed by atoms with Gasteiger partial charge in [0, 0.05) is 13.1 Å². The molecule has 2 amide bonds. The van der Waals surface area contributed by atoms with Crippen LogP contribution in [0, 0.1) is 6.92 Å². The van der Waals surface area contributed by atoms with Gasteiger partial charge < -0.3 is 15.0 Å². The van der Waals surface area contributed by atoms with E-state index in [9.17, 15) is 18.0 Å². The average molecular weight is 524 g/mol. The normalized spacial score (nSPS) is 11.9. The van der Waals surface area contributed by atoms with Gasteiger partial charge in [-0.25, -0.2) is 8.42 Å². The first-order valence-electron chi connectivity index (χ1n) is 12.0. The Bertz CT molecular complexity index is 1330. The summed E-state index contributed by atoms with van der Waals surface area (Å²) in [5.41, 5.74) is 2.07. The molecule has 1 N–H and O–H groups in total. The molecule has 0 aromatic heterocycles. The number of rotatable bonds is 11. The number of amides is 2. The van der Waals surface area contributed by atoms with Crippen molar-refractivity contribution < 1.29 is 22.7 Å². The molecule has 8 nitrogen and oxygen atoms in total. The minimum Gasteiger partial charge on any atom is -0.495 e. The number of hydrogen-bond acceptors (Lipinski definition) is 5. The Morgan fingerprint density at radius 1 is 0.973 bits per heavy atom. The van der Waals surface area contributed by atoms with Crippen LogP contribution in [0.15, 0.2) is 83.8 Å². The molecule has 3 aromatic carbocycles. The van der Waals surface area contributed by atoms with Crippen molar-refractivity contribution in [2.24, 2.45) is 0 Å². The zero-order chi connectivity index (χ0) is 27.0. The summed E-state index contributed by atoms with van der Waals surface area (Å²) >= 11 is 0. The Balaban J connectivity index is 2.06. The molecule has 0 unspecified atom stereocenters. The number of methoxy groups -OCH3 is 1. The Hall–Kier alpha value is -3.85. The number of ether oxygens (including phenoxy) is 1. The zero-order valence-electron chi connectivity index (χ0n) is 21.5. The molecule has 0 bridgehead atoms. The number of nitrogens with one attached hydrogen (secondary N) is 1. The Labute approximate surface area is 218 Å². The van der Waals surface area contributed by atoms with Crippen LogP contribution in [0.5, 0.6) is 5.75 Å². The van der Waals surface area contributed by atoms with Crippen LogP contribution >= 0.6 is 0 Å². The number of hydrogen-bond donors (Lipinski definition) is 1. The van der Waals surface area contributed by atoms with Gasteiger partial charge in [0.2, 0.25) is 11.8 Å². The van der Waals surface area contributed by atoms with Crippen LogP contribution in [-0.4, -0.2) is 51.4 Å². The molecule has 0 heterocycles. The van der Waals surface area contributed by atoms with Crippen LogP contribution in [-0.2, 0) is 26.2 Å². The molecule has 3 rings (SSSR count). The summed E-state index contributed by atoms with van der Waals surface area (Å²) in [5, 5.41) is 2.75. The highest BCUT2D eigenvalue weighted by atomic mass is 32.2. The maximum Gasteiger partial charge on any atom is 0.264 e. The first kappa shape index (κ1) is 27.7. The number of carbonyl (C=O) groups excluding carboxylic acids is 2. The highest BCUT2D eigenvalue weighted by molar-refractivity contribution is 7.92. The van der Waals surface area contributed by atoms with Crippen molar-refractivity contribution in [3.05, 3.63) is 90.0 Å². The number of benzene rings is 3. The van der Waals surface area contributed by atoms with Crippen molar-refractivity contribution in [2.75, 3.05) is 24.5 Å². The Morgan fingerprint density at radius 2 is 1.65 bits per heavy atom. The summed E-state index contributed by atoms with van der Waals surface area (Å²) in [6.07, 6.45) is 0. The van der Waals surface area contributed by atoms with Gasteiger partial charge in [0.15, 0.2) is 0 Å². The molecule has 37 heavy (non-hydrogen) atoms. The molecule has 1 atom stereocenters. The van der Waals surface area contributed by atoms with Crippen molar-refractivity contribution in [3.63, 3.8) is 0 Å². The molecule has 0 saturated carbocycles. The molecule has 196 valence electrons. The summed E-state index contributed by atoms with van der Waals surface area (Å²) in [5.74, 6) is -0.541. The second-order valence-electron chi connectivity index (χ2n) is 8.58. The smallest absolute Gasteiger partial charge is 0.264 e. The molecule has 0 aliphatic carbocycles. The van der Waals surface area contributed by atoms with Gasteiger partial charge in [-0.3, -0.25) is 13.9 Å². The fourth-order valence-corrected chi connectivity index (χ4v) is 5.43. The molecular formula is C28H33N3O5S. The first-order valence-corrected chi connectivity index (χ1v) is 13.5. The van der Waals surface area contributed by atoms with E-state index in [-0.39, 0.29) is 23.0 Å². The first-order chi connectivity index (χ1) is 17.7. The third kappa shape index (κ3) is 6.68. The van der Waals surface area contributed by atoms with Crippen molar-refractivity contribution in [1.29, 1.82) is 0 Å². The van der Waals surface area contributed by atoms with Gasteiger partial charge in [-0.15, -0.1) is 0 Å². The Kier molecular flexibility index (Phi) is 9.30. The number of likely N-dealkylation sites (N-methyl/N-ethyl adjacent to an activating group) is 1. The summed E-state index contributed by atoms with van der Waals surface area (Å²) in [7, 11) is -2.71. The van der Waals surface area contributed by atoms with Crippen LogP contribution in [0.3, 0.4) is 0 Å². The maximum atomic E-state index is 13.8. The third-order valence-corrected chi connectivity index (χ3v) is 7.69. The van der Waals surface area contributed by atoms with Crippen LogP contribution in [0.2, 0.25) is 0 Å². The topological polar surface area (TPSA) is 96.0 Å². The molecule has 9 heteroatoms. The van der Waals surface area contributed by atoms with Crippen LogP contribution in [0.25, 0.3) is 0 Å². The van der Waals surface area contributed by atoms with Gasteiger partial charge in [0.1, 0.15) is 18.3 Å². The van der Waals surface area contributed by atoms with E-state index in [0.717, 1.165) is 15.4 Å². The van der Waals surface area contributed by atoms with Crippen molar-refractivity contribution >= 4 is 27.5 Å². The van der Waals surface area contributed by atoms with Crippen LogP contribution in [0.1, 0.15) is 25.0 Å². The van der Waals surface area contributed by atoms with E-state index in [1.165, 1.54) is 24.1 Å². The average Bonchev–Trinajstić information content (AvgIpc) is 2.90. The fraction of sp³-hybridized carbons (Fsp3) is 0.286. The molecule has 0 aliphatic rings. The molecule has 0 spiro atoms. The second kappa shape index (κ2) is 12.4. The number of carbonyl (C=O) groups is 2. The number of sulfonamides is 1. The second-order valence-corrected chi connectivity index (χ2v) is 10.4. The highest BCUT2D eigenvalue weighted by Crippen LogP contribution is 2.32. The lowest BCUT2D eigenvalue weighted by Gasteiger charge is -2.32. The van der Waals surface area contributed by atoms with E-state index in [1.54, 1.807) is 56.3 Å². The monoisotopic (exact) mass is 523 g/mol. The van der Waals surface area contributed by atoms with Crippen molar-refractivity contribution in [3.8, 4) is 5.75 Å². The van der Waals surface area contributed by atoms with Gasteiger partial charge in [-0.1, -0.05) is 60.2 Å². The summed E-state index contributed by atoms with van der Waals surface area (Å²) in [4.78, 5) is 28.1. The van der Waals surface area contributed by atoms with Crippen molar-refractivity contribution in [1.82, 2.24) is 10.2 Å². The number of aryl methyl sites for hydroxylation is 1. The highest BCUT2D eigenvalue weighted by Gasteiger charge is 2.33. The minimum atomic E-state index is -4.15. The van der Waals surface area contributed by atoms with E-state index in [4.69, 9.17) is 4.74 Å². The van der Waals surface area contributed by atoms with Gasteiger partial charge in [-0.2, -0.15) is 0 Å². The van der Waals surface area contributed by atoms with E-state index >= 15 is 0 Å². The van der Waals surface area contributed by atoms with Crippen LogP contribution < -0.4 is 14.4 Å². The van der Waals surface area contributed by atoms with Crippen molar-refractivity contribution in [2.45, 2.75) is 38.3 Å². The van der Waals surface area contributed by atoms with Crippen LogP contribution in [0.4, 0.5) is 5.69 Å². The summed E-state index contributed by atoms with van der Waals surface area (Å²) in [6, 6.07) is 21.3. The number of para-hydroxylation sites is 2. The van der Waals surface area contributed by atoms with E-state index in [0.29, 0.717) is 12.3 Å². The zero-order valence-corrected chi connectivity index (χ0v) is 22.4. The van der Waals surface area contributed by atoms with Gasteiger partial charge in [-0.05, 0) is 50.6 Å². The lowest BCUT2D eigenvalue weighted by molar-refractivity contribution is -0.139. The molecular weight excluding hydrogens is 490 g/mol. The fourth-order valence-electron chi connectivity index (χ4n) is 3.98.